The van der Waals surface area contributed by atoms with Crippen molar-refractivity contribution in [1.82, 2.24) is 4.90 Å². The Balaban J connectivity index is 1.40. The van der Waals surface area contributed by atoms with Crippen LogP contribution in [0, 0.1) is 45.8 Å². The van der Waals surface area contributed by atoms with Gasteiger partial charge in [0.2, 0.25) is 0 Å². The van der Waals surface area contributed by atoms with Gasteiger partial charge in [-0.2, -0.15) is 0 Å². The van der Waals surface area contributed by atoms with E-state index in [0.29, 0.717) is 32.2 Å². The number of carbonyl (C=O) groups is 4. The Labute approximate surface area is 227 Å². The Hall–Kier alpha value is -1.94. The normalized spacial score (nSPS) is 57.6. The van der Waals surface area contributed by atoms with Gasteiger partial charge in [-0.3, -0.25) is 19.2 Å². The fraction of sp³-hybridized carbons (Fsp3) is 0.800. The Bertz CT molecular complexity index is 1290. The van der Waals surface area contributed by atoms with Gasteiger partial charge < -0.3 is 19.3 Å². The molecule has 2 saturated carbocycles. The Morgan fingerprint density at radius 2 is 1.87 bits per heavy atom. The lowest BCUT2D eigenvalue weighted by Crippen LogP contribution is -2.82. The molecule has 39 heavy (non-hydrogen) atoms. The number of ketones is 3. The van der Waals surface area contributed by atoms with Crippen LogP contribution >= 0.6 is 0 Å². The van der Waals surface area contributed by atoms with Crippen molar-refractivity contribution < 1.29 is 38.5 Å². The molecule has 5 heterocycles. The van der Waals surface area contributed by atoms with Crippen molar-refractivity contribution >= 4 is 23.3 Å². The van der Waals surface area contributed by atoms with E-state index in [1.165, 1.54) is 0 Å². The second-order valence-electron chi connectivity index (χ2n) is 14.4. The minimum Gasteiger partial charge on any atom is -0.465 e. The van der Waals surface area contributed by atoms with Crippen LogP contribution in [0.3, 0.4) is 0 Å². The SMILES string of the molecule is CC1=CC(=O)[C@@H]2[C@@H](C1)[C@]13CO[C@@]4(C1=O)N1C[C@@H]5O[C@@]1(CC[C@@]4(C)[C@]1(COC(=O)C1)[C@H]3C(=O)[C@@H]2C)C[C@@H](C)[C@H]5O. The van der Waals surface area contributed by atoms with E-state index < -0.39 is 57.7 Å². The third kappa shape index (κ3) is 2.36. The number of aliphatic hydroxyl groups is 1. The monoisotopic (exact) mass is 539 g/mol. The standard InChI is InChI=1S/C30H37NO8/c1-14-7-17-21(18(32)8-14)16(3)23(35)24-27(10-20(33)37-12-27)26(4)5-6-28-9-15(2)22(34)19(39-28)11-31(28)30(26)25(36)29(17,24)13-38-30/h8,15-17,19,21-22,24,34H,5-7,9-13H2,1-4H3/t15-,16-,17-,19+,21+,22-,24-,26+,27-,28+,29+,30-/m1/s1. The molecule has 9 nitrogen and oxygen atoms in total. The van der Waals surface area contributed by atoms with Crippen molar-refractivity contribution in [1.29, 1.82) is 0 Å². The summed E-state index contributed by atoms with van der Waals surface area (Å²) in [5, 5.41) is 11.0. The number of nitrogens with zero attached hydrogens (tertiary/aromatic N) is 1. The molecule has 210 valence electrons. The number of esters is 1. The minimum atomic E-state index is -1.43. The molecule has 0 aromatic heterocycles. The zero-order valence-corrected chi connectivity index (χ0v) is 23.0. The quantitative estimate of drug-likeness (QED) is 0.460. The average Bonchev–Trinajstić information content (AvgIpc) is 3.51. The lowest BCUT2D eigenvalue weighted by molar-refractivity contribution is -0.317. The van der Waals surface area contributed by atoms with Crippen molar-refractivity contribution in [3.05, 3.63) is 11.6 Å². The van der Waals surface area contributed by atoms with Crippen molar-refractivity contribution in [3.63, 3.8) is 0 Å². The number of ether oxygens (including phenoxy) is 3. The number of fused-ring (bicyclic) bond motifs is 4. The van der Waals surface area contributed by atoms with Gasteiger partial charge in [-0.15, -0.1) is 0 Å². The first-order valence-electron chi connectivity index (χ1n) is 14.6. The summed E-state index contributed by atoms with van der Waals surface area (Å²) >= 11 is 0. The Kier molecular flexibility index (Phi) is 4.51. The third-order valence-electron chi connectivity index (χ3n) is 13.0. The molecule has 0 unspecified atom stereocenters. The van der Waals surface area contributed by atoms with Crippen LogP contribution in [0.15, 0.2) is 11.6 Å². The first-order valence-corrected chi connectivity index (χ1v) is 14.6. The van der Waals surface area contributed by atoms with Crippen LogP contribution in [0.4, 0.5) is 0 Å². The molecular formula is C30H37NO8. The summed E-state index contributed by atoms with van der Waals surface area (Å²) in [5.74, 6) is -2.98. The van der Waals surface area contributed by atoms with Gasteiger partial charge in [0.15, 0.2) is 17.3 Å². The van der Waals surface area contributed by atoms with Gasteiger partial charge >= 0.3 is 5.97 Å². The van der Waals surface area contributed by atoms with Gasteiger partial charge in [0.05, 0.1) is 37.3 Å². The molecule has 12 atom stereocenters. The number of hydrogen-bond donors (Lipinski definition) is 1. The van der Waals surface area contributed by atoms with Crippen LogP contribution in [-0.2, 0) is 33.4 Å². The van der Waals surface area contributed by atoms with Crippen molar-refractivity contribution in [2.24, 2.45) is 45.8 Å². The molecule has 7 fully saturated rings. The summed E-state index contributed by atoms with van der Waals surface area (Å²) in [5.41, 5.74) is -4.36. The minimum absolute atomic E-state index is 0.00750. The topological polar surface area (TPSA) is 119 Å². The molecule has 0 aromatic rings. The van der Waals surface area contributed by atoms with E-state index in [1.54, 1.807) is 6.08 Å². The number of allylic oxidation sites excluding steroid dienone is 2. The first kappa shape index (κ1) is 24.8. The lowest BCUT2D eigenvalue weighted by Gasteiger charge is -2.70. The molecular weight excluding hydrogens is 502 g/mol. The maximum absolute atomic E-state index is 15.4. The van der Waals surface area contributed by atoms with Gasteiger partial charge in [-0.25, -0.2) is 4.90 Å². The van der Waals surface area contributed by atoms with E-state index in [0.717, 1.165) is 5.57 Å². The van der Waals surface area contributed by atoms with Crippen LogP contribution < -0.4 is 0 Å². The van der Waals surface area contributed by atoms with E-state index in [1.807, 2.05) is 27.7 Å². The Morgan fingerprint density at radius 3 is 2.59 bits per heavy atom. The smallest absolute Gasteiger partial charge is 0.306 e. The van der Waals surface area contributed by atoms with E-state index in [-0.39, 0.29) is 54.8 Å². The summed E-state index contributed by atoms with van der Waals surface area (Å²) in [6.07, 6.45) is 2.84. The van der Waals surface area contributed by atoms with Crippen LogP contribution in [0.25, 0.3) is 0 Å². The number of carbonyl (C=O) groups excluding carboxylic acids is 4. The fourth-order valence-corrected chi connectivity index (χ4v) is 11.3. The zero-order chi connectivity index (χ0) is 27.5. The molecule has 5 aliphatic heterocycles. The van der Waals surface area contributed by atoms with Crippen LogP contribution in [-0.4, -0.2) is 76.7 Å². The fourth-order valence-electron chi connectivity index (χ4n) is 11.3. The predicted molar refractivity (Wildman–Crippen MR) is 134 cm³/mol. The highest BCUT2D eigenvalue weighted by Crippen LogP contribution is 2.78. The highest BCUT2D eigenvalue weighted by Gasteiger charge is 2.89. The van der Waals surface area contributed by atoms with Gasteiger partial charge in [0.1, 0.15) is 11.5 Å². The number of hydrogen-bond acceptors (Lipinski definition) is 9. The Morgan fingerprint density at radius 1 is 1.10 bits per heavy atom. The highest BCUT2D eigenvalue weighted by atomic mass is 16.6. The summed E-state index contributed by atoms with van der Waals surface area (Å²) in [6.45, 7) is 8.23. The van der Waals surface area contributed by atoms with Crippen molar-refractivity contribution in [2.75, 3.05) is 19.8 Å². The summed E-state index contributed by atoms with van der Waals surface area (Å²) in [7, 11) is 0. The van der Waals surface area contributed by atoms with E-state index in [2.05, 4.69) is 4.90 Å². The molecule has 0 aromatic carbocycles. The van der Waals surface area contributed by atoms with E-state index in [4.69, 9.17) is 14.2 Å². The lowest BCUT2D eigenvalue weighted by atomic mass is 9.34. The summed E-state index contributed by atoms with van der Waals surface area (Å²) in [6, 6.07) is 0. The van der Waals surface area contributed by atoms with Gasteiger partial charge in [0, 0.05) is 35.1 Å². The zero-order valence-electron chi connectivity index (χ0n) is 23.0. The first-order chi connectivity index (χ1) is 18.4. The molecule has 8 aliphatic rings. The number of Topliss-reactive ketones (excluding diaryl/α,β-unsaturated/α-hetero) is 2. The number of piperidine rings is 1. The van der Waals surface area contributed by atoms with Crippen molar-refractivity contribution in [3.8, 4) is 0 Å². The third-order valence-corrected chi connectivity index (χ3v) is 13.0. The van der Waals surface area contributed by atoms with E-state index >= 15 is 4.79 Å². The molecule has 9 heteroatoms. The maximum Gasteiger partial charge on any atom is 0.306 e. The van der Waals surface area contributed by atoms with Crippen molar-refractivity contribution in [2.45, 2.75) is 83.5 Å². The molecule has 5 saturated heterocycles. The molecule has 0 radical (unpaired) electrons. The van der Waals surface area contributed by atoms with Crippen LogP contribution in [0.2, 0.25) is 0 Å². The van der Waals surface area contributed by atoms with Gasteiger partial charge in [0.25, 0.3) is 0 Å². The van der Waals surface area contributed by atoms with Crippen LogP contribution in [0.1, 0.15) is 59.8 Å². The largest absolute Gasteiger partial charge is 0.465 e. The van der Waals surface area contributed by atoms with Crippen LogP contribution in [0.5, 0.6) is 0 Å². The summed E-state index contributed by atoms with van der Waals surface area (Å²) in [4.78, 5) is 58.5. The molecule has 4 bridgehead atoms. The second-order valence-corrected chi connectivity index (χ2v) is 14.4. The second kappa shape index (κ2) is 7.09. The predicted octanol–water partition coefficient (Wildman–Crippen LogP) is 1.80. The van der Waals surface area contributed by atoms with Gasteiger partial charge in [-0.1, -0.05) is 26.3 Å². The van der Waals surface area contributed by atoms with E-state index in [9.17, 15) is 19.5 Å². The molecule has 1 N–H and O–H groups in total. The maximum atomic E-state index is 15.4. The summed E-state index contributed by atoms with van der Waals surface area (Å²) < 4.78 is 19.2. The highest BCUT2D eigenvalue weighted by molar-refractivity contribution is 6.08. The molecule has 0 amide bonds. The average molecular weight is 540 g/mol. The molecule has 8 rings (SSSR count). The number of rotatable bonds is 0. The number of cyclic esters (lactones) is 1. The van der Waals surface area contributed by atoms with Gasteiger partial charge in [-0.05, 0) is 50.5 Å². The number of aliphatic hydroxyl groups excluding tert-OH is 1. The molecule has 3 aliphatic carbocycles. The molecule has 4 spiro atoms.